The molecule has 0 radical (unpaired) electrons. The fourth-order valence-corrected chi connectivity index (χ4v) is 1.43. The van der Waals surface area contributed by atoms with E-state index in [1.165, 1.54) is 6.07 Å². The summed E-state index contributed by atoms with van der Waals surface area (Å²) in [5.41, 5.74) is 1.26. The third-order valence-electron chi connectivity index (χ3n) is 2.03. The van der Waals surface area contributed by atoms with Crippen LogP contribution in [0.15, 0.2) is 12.1 Å². The third kappa shape index (κ3) is 2.02. The third-order valence-corrected chi connectivity index (χ3v) is 2.03. The molecular formula is C10H13NO3. The van der Waals surface area contributed by atoms with Gasteiger partial charge < -0.3 is 5.11 Å². The summed E-state index contributed by atoms with van der Waals surface area (Å²) in [4.78, 5) is 10.0. The molecule has 0 aliphatic heterocycles. The number of nitro benzene ring substituents is 1. The van der Waals surface area contributed by atoms with Crippen molar-refractivity contribution in [1.82, 2.24) is 0 Å². The smallest absolute Gasteiger partial charge is 0.311 e. The molecule has 0 aliphatic carbocycles. The van der Waals surface area contributed by atoms with Crippen LogP contribution in [0.4, 0.5) is 5.69 Å². The van der Waals surface area contributed by atoms with Crippen LogP contribution in [0.3, 0.4) is 0 Å². The van der Waals surface area contributed by atoms with Gasteiger partial charge in [0, 0.05) is 11.6 Å². The lowest BCUT2D eigenvalue weighted by molar-refractivity contribution is -0.386. The van der Waals surface area contributed by atoms with E-state index in [9.17, 15) is 15.2 Å². The zero-order valence-electron chi connectivity index (χ0n) is 8.28. The van der Waals surface area contributed by atoms with Gasteiger partial charge in [0.05, 0.1) is 4.92 Å². The molecule has 0 amide bonds. The van der Waals surface area contributed by atoms with Gasteiger partial charge in [0.1, 0.15) is 0 Å². The molecule has 1 rings (SSSR count). The number of benzene rings is 1. The Hall–Kier alpha value is -1.58. The normalized spacial score (nSPS) is 10.1. The standard InChI is InChI=1S/C10H13NO3/c1-3-4-8-5-7(2)6-9(10(8)12)11(13)14/h5-6,12H,3-4H2,1-2H3. The van der Waals surface area contributed by atoms with Crippen molar-refractivity contribution in [2.75, 3.05) is 0 Å². The van der Waals surface area contributed by atoms with Crippen molar-refractivity contribution in [2.45, 2.75) is 26.7 Å². The summed E-state index contributed by atoms with van der Waals surface area (Å²) in [6.45, 7) is 3.75. The van der Waals surface area contributed by atoms with Crippen LogP contribution in [0.2, 0.25) is 0 Å². The second kappa shape index (κ2) is 4.09. The molecule has 0 unspecified atom stereocenters. The van der Waals surface area contributed by atoms with Crippen LogP contribution in [0.25, 0.3) is 0 Å². The molecule has 1 N–H and O–H groups in total. The Kier molecular flexibility index (Phi) is 3.06. The molecule has 1 aromatic rings. The lowest BCUT2D eigenvalue weighted by Gasteiger charge is -2.04. The molecule has 0 fully saturated rings. The molecule has 0 saturated heterocycles. The first kappa shape index (κ1) is 10.5. The van der Waals surface area contributed by atoms with Crippen LogP contribution in [-0.2, 0) is 6.42 Å². The molecule has 0 heterocycles. The first-order valence-electron chi connectivity index (χ1n) is 4.53. The molecule has 0 saturated carbocycles. The Bertz CT molecular complexity index is 361. The largest absolute Gasteiger partial charge is 0.502 e. The SMILES string of the molecule is CCCc1cc(C)cc([N+](=O)[O-])c1O. The highest BCUT2D eigenvalue weighted by molar-refractivity contribution is 5.53. The molecule has 1 aromatic carbocycles. The number of phenolic OH excluding ortho intramolecular Hbond substituents is 1. The number of hydrogen-bond acceptors (Lipinski definition) is 3. The number of phenols is 1. The second-order valence-electron chi connectivity index (χ2n) is 3.30. The van der Waals surface area contributed by atoms with Crippen molar-refractivity contribution in [3.05, 3.63) is 33.4 Å². The predicted octanol–water partition coefficient (Wildman–Crippen LogP) is 2.56. The summed E-state index contributed by atoms with van der Waals surface area (Å²) in [5.74, 6) is -0.192. The maximum Gasteiger partial charge on any atom is 0.311 e. The van der Waals surface area contributed by atoms with Crippen LogP contribution in [-0.4, -0.2) is 10.0 Å². The molecule has 0 aliphatic rings. The fourth-order valence-electron chi connectivity index (χ4n) is 1.43. The number of aryl methyl sites for hydroxylation is 2. The average molecular weight is 195 g/mol. The average Bonchev–Trinajstić information content (AvgIpc) is 2.10. The first-order chi connectivity index (χ1) is 6.56. The topological polar surface area (TPSA) is 63.4 Å². The van der Waals surface area contributed by atoms with E-state index in [2.05, 4.69) is 0 Å². The van der Waals surface area contributed by atoms with Gasteiger partial charge >= 0.3 is 5.69 Å². The van der Waals surface area contributed by atoms with E-state index in [1.807, 2.05) is 6.92 Å². The summed E-state index contributed by atoms with van der Waals surface area (Å²) in [6.07, 6.45) is 1.52. The van der Waals surface area contributed by atoms with E-state index in [1.54, 1.807) is 13.0 Å². The van der Waals surface area contributed by atoms with Crippen molar-refractivity contribution in [3.63, 3.8) is 0 Å². The van der Waals surface area contributed by atoms with Crippen LogP contribution in [0.1, 0.15) is 24.5 Å². The van der Waals surface area contributed by atoms with Crippen LogP contribution < -0.4 is 0 Å². The van der Waals surface area contributed by atoms with Gasteiger partial charge in [-0.3, -0.25) is 10.1 Å². The van der Waals surface area contributed by atoms with Crippen molar-refractivity contribution in [1.29, 1.82) is 0 Å². The van der Waals surface area contributed by atoms with Crippen LogP contribution in [0, 0.1) is 17.0 Å². The summed E-state index contributed by atoms with van der Waals surface area (Å²) in [5, 5.41) is 20.1. The van der Waals surface area contributed by atoms with E-state index >= 15 is 0 Å². The Morgan fingerprint density at radius 2 is 2.14 bits per heavy atom. The van der Waals surface area contributed by atoms with Crippen molar-refractivity contribution in [3.8, 4) is 5.75 Å². The lowest BCUT2D eigenvalue weighted by Crippen LogP contribution is -1.94. The van der Waals surface area contributed by atoms with E-state index in [0.29, 0.717) is 12.0 Å². The van der Waals surface area contributed by atoms with Crippen molar-refractivity contribution < 1.29 is 10.0 Å². The Labute approximate surface area is 82.3 Å². The minimum absolute atomic E-state index is 0.192. The van der Waals surface area contributed by atoms with Gasteiger partial charge in [-0.05, 0) is 18.9 Å². The quantitative estimate of drug-likeness (QED) is 0.595. The molecule has 0 atom stereocenters. The van der Waals surface area contributed by atoms with Crippen LogP contribution in [0.5, 0.6) is 5.75 Å². The van der Waals surface area contributed by atoms with Crippen molar-refractivity contribution >= 4 is 5.69 Å². The summed E-state index contributed by atoms with van der Waals surface area (Å²) < 4.78 is 0. The monoisotopic (exact) mass is 195 g/mol. The molecule has 4 nitrogen and oxygen atoms in total. The van der Waals surface area contributed by atoms with E-state index in [0.717, 1.165) is 12.0 Å². The van der Waals surface area contributed by atoms with E-state index in [4.69, 9.17) is 0 Å². The fraction of sp³-hybridized carbons (Fsp3) is 0.400. The highest BCUT2D eigenvalue weighted by Crippen LogP contribution is 2.31. The molecule has 4 heteroatoms. The number of hydrogen-bond donors (Lipinski definition) is 1. The number of rotatable bonds is 3. The highest BCUT2D eigenvalue weighted by atomic mass is 16.6. The van der Waals surface area contributed by atoms with Gasteiger partial charge in [0.2, 0.25) is 0 Å². The van der Waals surface area contributed by atoms with Gasteiger partial charge in [0.15, 0.2) is 5.75 Å². The molecule has 0 bridgehead atoms. The second-order valence-corrected chi connectivity index (χ2v) is 3.30. The summed E-state index contributed by atoms with van der Waals surface area (Å²) in [6, 6.07) is 3.17. The predicted molar refractivity (Wildman–Crippen MR) is 53.5 cm³/mol. The minimum Gasteiger partial charge on any atom is -0.502 e. The van der Waals surface area contributed by atoms with Gasteiger partial charge in [-0.15, -0.1) is 0 Å². The molecule has 0 spiro atoms. The Balaban J connectivity index is 3.24. The zero-order valence-corrected chi connectivity index (χ0v) is 8.28. The van der Waals surface area contributed by atoms with Crippen molar-refractivity contribution in [2.24, 2.45) is 0 Å². The molecule has 0 aromatic heterocycles. The van der Waals surface area contributed by atoms with E-state index < -0.39 is 4.92 Å². The Morgan fingerprint density at radius 1 is 1.50 bits per heavy atom. The van der Waals surface area contributed by atoms with Gasteiger partial charge in [-0.25, -0.2) is 0 Å². The zero-order chi connectivity index (χ0) is 10.7. The summed E-state index contributed by atoms with van der Waals surface area (Å²) in [7, 11) is 0. The van der Waals surface area contributed by atoms with Crippen LogP contribution >= 0.6 is 0 Å². The molecule has 76 valence electrons. The van der Waals surface area contributed by atoms with Gasteiger partial charge in [0.25, 0.3) is 0 Å². The maximum absolute atomic E-state index is 10.6. The minimum atomic E-state index is -0.554. The summed E-state index contributed by atoms with van der Waals surface area (Å²) >= 11 is 0. The molecular weight excluding hydrogens is 182 g/mol. The highest BCUT2D eigenvalue weighted by Gasteiger charge is 2.16. The van der Waals surface area contributed by atoms with E-state index in [-0.39, 0.29) is 11.4 Å². The maximum atomic E-state index is 10.6. The number of aromatic hydroxyl groups is 1. The van der Waals surface area contributed by atoms with Gasteiger partial charge in [-0.1, -0.05) is 19.4 Å². The molecule has 14 heavy (non-hydrogen) atoms. The number of nitrogens with zero attached hydrogens (tertiary/aromatic N) is 1. The Morgan fingerprint density at radius 3 is 2.64 bits per heavy atom. The first-order valence-corrected chi connectivity index (χ1v) is 4.53. The number of nitro groups is 1. The van der Waals surface area contributed by atoms with Gasteiger partial charge in [-0.2, -0.15) is 0 Å². The lowest BCUT2D eigenvalue weighted by atomic mass is 10.0.